The third-order valence-electron chi connectivity index (χ3n) is 2.69. The van der Waals surface area contributed by atoms with Gasteiger partial charge < -0.3 is 5.73 Å². The predicted molar refractivity (Wildman–Crippen MR) is 80.4 cm³/mol. The quantitative estimate of drug-likeness (QED) is 0.880. The molecule has 0 aliphatic heterocycles. The molecule has 0 atom stereocenters. The number of hydrogen-bond donors (Lipinski definition) is 1. The predicted octanol–water partition coefficient (Wildman–Crippen LogP) is 0.620. The lowest BCUT2D eigenvalue weighted by Crippen LogP contribution is -2.31. The summed E-state index contributed by atoms with van der Waals surface area (Å²) in [4.78, 5) is 11.1. The Bertz CT molecular complexity index is 873. The second kappa shape index (κ2) is 6.29. The van der Waals surface area contributed by atoms with E-state index in [0.29, 0.717) is 0 Å². The zero-order chi connectivity index (χ0) is 16.3. The van der Waals surface area contributed by atoms with Crippen LogP contribution in [0.4, 0.5) is 0 Å². The van der Waals surface area contributed by atoms with Crippen molar-refractivity contribution in [2.75, 3.05) is 0 Å². The number of hydrogen-bond acceptors (Lipinski definition) is 4. The van der Waals surface area contributed by atoms with Gasteiger partial charge in [-0.25, -0.2) is 4.68 Å². The molecule has 0 radical (unpaired) electrons. The second-order valence-electron chi connectivity index (χ2n) is 4.52. The standard InChI is InChI=1S/C13H13ClN4O3S/c1-9-2-4-10(5-3-9)22(20,21)17-13-7-6-11(14)16-18(13)8-12(15)19/h2-7H,8H2,1H3,(H2,15,19)/b17-13-. The van der Waals surface area contributed by atoms with Crippen molar-refractivity contribution in [2.24, 2.45) is 10.1 Å². The van der Waals surface area contributed by atoms with Gasteiger partial charge >= 0.3 is 0 Å². The Balaban J connectivity index is 2.56. The molecule has 2 rings (SSSR count). The summed E-state index contributed by atoms with van der Waals surface area (Å²) in [6.45, 7) is 1.51. The highest BCUT2D eigenvalue weighted by Gasteiger charge is 2.13. The van der Waals surface area contributed by atoms with Crippen molar-refractivity contribution in [3.05, 3.63) is 52.6 Å². The molecule has 22 heavy (non-hydrogen) atoms. The molecule has 1 amide bonds. The van der Waals surface area contributed by atoms with Gasteiger partial charge in [0.25, 0.3) is 10.0 Å². The minimum Gasteiger partial charge on any atom is -0.368 e. The van der Waals surface area contributed by atoms with Gasteiger partial charge in [0, 0.05) is 0 Å². The highest BCUT2D eigenvalue weighted by molar-refractivity contribution is 7.90. The van der Waals surface area contributed by atoms with E-state index in [1.807, 2.05) is 6.92 Å². The summed E-state index contributed by atoms with van der Waals surface area (Å²) in [5, 5.41) is 3.92. The monoisotopic (exact) mass is 340 g/mol. The zero-order valence-corrected chi connectivity index (χ0v) is 13.2. The molecule has 116 valence electrons. The lowest BCUT2D eigenvalue weighted by molar-refractivity contribution is -0.118. The molecular weight excluding hydrogens is 328 g/mol. The van der Waals surface area contributed by atoms with Crippen LogP contribution in [-0.4, -0.2) is 24.1 Å². The normalized spacial score (nSPS) is 12.4. The van der Waals surface area contributed by atoms with E-state index in [1.54, 1.807) is 12.1 Å². The highest BCUT2D eigenvalue weighted by Crippen LogP contribution is 2.12. The molecule has 0 spiro atoms. The summed E-state index contributed by atoms with van der Waals surface area (Å²) in [5.74, 6) is -0.691. The number of carbonyl (C=O) groups excluding carboxylic acids is 1. The molecule has 2 aromatic rings. The Morgan fingerprint density at radius 1 is 1.27 bits per heavy atom. The van der Waals surface area contributed by atoms with E-state index >= 15 is 0 Å². The van der Waals surface area contributed by atoms with Crippen molar-refractivity contribution >= 4 is 27.5 Å². The minimum absolute atomic E-state index is 0.0382. The number of amides is 1. The molecule has 0 unspecified atom stereocenters. The number of carbonyl (C=O) groups is 1. The van der Waals surface area contributed by atoms with Crippen molar-refractivity contribution in [1.29, 1.82) is 0 Å². The second-order valence-corrected chi connectivity index (χ2v) is 6.51. The molecule has 0 aliphatic carbocycles. The molecule has 1 heterocycles. The van der Waals surface area contributed by atoms with Crippen LogP contribution in [0.3, 0.4) is 0 Å². The Hall–Kier alpha value is -2.19. The van der Waals surface area contributed by atoms with Crippen LogP contribution in [0.15, 0.2) is 45.7 Å². The number of nitrogens with two attached hydrogens (primary N) is 1. The van der Waals surface area contributed by atoms with Crippen molar-refractivity contribution in [3.8, 4) is 0 Å². The number of aryl methyl sites for hydroxylation is 1. The number of primary amides is 1. The van der Waals surface area contributed by atoms with Crippen LogP contribution >= 0.6 is 11.6 Å². The van der Waals surface area contributed by atoms with Crippen molar-refractivity contribution < 1.29 is 13.2 Å². The van der Waals surface area contributed by atoms with E-state index in [1.165, 1.54) is 24.3 Å². The Kier molecular flexibility index (Phi) is 4.62. The number of halogens is 1. The number of sulfonamides is 1. The smallest absolute Gasteiger partial charge is 0.284 e. The van der Waals surface area contributed by atoms with Gasteiger partial charge in [0.05, 0.1) is 4.90 Å². The summed E-state index contributed by atoms with van der Waals surface area (Å²) in [6.07, 6.45) is 0. The minimum atomic E-state index is -3.93. The Morgan fingerprint density at radius 3 is 2.50 bits per heavy atom. The van der Waals surface area contributed by atoms with Gasteiger partial charge in [0.15, 0.2) is 5.49 Å². The van der Waals surface area contributed by atoms with Crippen LogP contribution in [0.1, 0.15) is 5.56 Å². The summed E-state index contributed by atoms with van der Waals surface area (Å²) in [7, 11) is -3.93. The zero-order valence-electron chi connectivity index (χ0n) is 11.6. The van der Waals surface area contributed by atoms with Gasteiger partial charge in [0.2, 0.25) is 5.91 Å². The van der Waals surface area contributed by atoms with Crippen molar-refractivity contribution in [1.82, 2.24) is 9.78 Å². The van der Waals surface area contributed by atoms with E-state index in [4.69, 9.17) is 17.3 Å². The fraction of sp³-hybridized carbons (Fsp3) is 0.154. The van der Waals surface area contributed by atoms with E-state index < -0.39 is 15.9 Å². The van der Waals surface area contributed by atoms with Crippen LogP contribution in [0.25, 0.3) is 0 Å². The molecule has 0 aliphatic rings. The maximum atomic E-state index is 12.3. The maximum Gasteiger partial charge on any atom is 0.284 e. The van der Waals surface area contributed by atoms with Crippen LogP contribution in [0.2, 0.25) is 5.15 Å². The van der Waals surface area contributed by atoms with Crippen molar-refractivity contribution in [3.63, 3.8) is 0 Å². The first-order valence-corrected chi connectivity index (χ1v) is 7.99. The number of nitrogens with zero attached hydrogens (tertiary/aromatic N) is 3. The van der Waals surface area contributed by atoms with Gasteiger partial charge in [-0.05, 0) is 31.2 Å². The molecule has 0 saturated heterocycles. The third-order valence-corrected chi connectivity index (χ3v) is 4.19. The lowest BCUT2D eigenvalue weighted by Gasteiger charge is -2.04. The molecule has 0 fully saturated rings. The fourth-order valence-electron chi connectivity index (χ4n) is 1.66. The van der Waals surface area contributed by atoms with Gasteiger partial charge in [-0.15, -0.1) is 4.40 Å². The topological polar surface area (TPSA) is 107 Å². The fourth-order valence-corrected chi connectivity index (χ4v) is 2.80. The molecule has 2 N–H and O–H groups in total. The summed E-state index contributed by atoms with van der Waals surface area (Å²) in [5.41, 5.74) is 5.99. The molecule has 9 heteroatoms. The summed E-state index contributed by atoms with van der Waals surface area (Å²) in [6, 6.07) is 8.97. The molecule has 0 bridgehead atoms. The number of rotatable bonds is 4. The average molecular weight is 341 g/mol. The van der Waals surface area contributed by atoms with Gasteiger partial charge in [-0.1, -0.05) is 29.3 Å². The largest absolute Gasteiger partial charge is 0.368 e. The number of benzene rings is 1. The van der Waals surface area contributed by atoms with E-state index in [-0.39, 0.29) is 22.1 Å². The van der Waals surface area contributed by atoms with Crippen LogP contribution < -0.4 is 11.2 Å². The molecule has 1 aromatic carbocycles. The summed E-state index contributed by atoms with van der Waals surface area (Å²) >= 11 is 5.73. The first kappa shape index (κ1) is 16.2. The molecular formula is C13H13ClN4O3S. The van der Waals surface area contributed by atoms with E-state index in [9.17, 15) is 13.2 Å². The van der Waals surface area contributed by atoms with Crippen LogP contribution in [0.5, 0.6) is 0 Å². The number of aromatic nitrogens is 2. The molecule has 0 saturated carbocycles. The molecule has 7 nitrogen and oxygen atoms in total. The van der Waals surface area contributed by atoms with Crippen LogP contribution in [-0.2, 0) is 21.4 Å². The SMILES string of the molecule is Cc1ccc(S(=O)(=O)/N=c2/ccc(Cl)nn2CC(N)=O)cc1. The van der Waals surface area contributed by atoms with Crippen LogP contribution in [0, 0.1) is 6.92 Å². The Labute approximate surface area is 132 Å². The van der Waals surface area contributed by atoms with E-state index in [2.05, 4.69) is 9.50 Å². The highest BCUT2D eigenvalue weighted by atomic mass is 35.5. The lowest BCUT2D eigenvalue weighted by atomic mass is 10.2. The Morgan fingerprint density at radius 2 is 1.91 bits per heavy atom. The van der Waals surface area contributed by atoms with Crippen molar-refractivity contribution in [2.45, 2.75) is 18.4 Å². The molecule has 1 aromatic heterocycles. The van der Waals surface area contributed by atoms with Gasteiger partial charge in [0.1, 0.15) is 11.7 Å². The van der Waals surface area contributed by atoms with Gasteiger partial charge in [-0.2, -0.15) is 13.5 Å². The first-order valence-electron chi connectivity index (χ1n) is 6.17. The van der Waals surface area contributed by atoms with Gasteiger partial charge in [-0.3, -0.25) is 4.79 Å². The average Bonchev–Trinajstić information content (AvgIpc) is 2.41. The third kappa shape index (κ3) is 3.92. The summed E-state index contributed by atoms with van der Waals surface area (Å²) < 4.78 is 29.3. The first-order chi connectivity index (χ1) is 10.3. The van der Waals surface area contributed by atoms with E-state index in [0.717, 1.165) is 10.2 Å². The maximum absolute atomic E-state index is 12.3.